The Morgan fingerprint density at radius 2 is 2.10 bits per heavy atom. The maximum Gasteiger partial charge on any atom is 0.251 e. The predicted molar refractivity (Wildman–Crippen MR) is 83.0 cm³/mol. The Morgan fingerprint density at radius 3 is 2.80 bits per heavy atom. The highest BCUT2D eigenvalue weighted by atomic mass is 79.9. The van der Waals surface area contributed by atoms with Crippen LogP contribution < -0.4 is 15.8 Å². The number of nitrogens with two attached hydrogens (primary N) is 1. The molecule has 3 N–H and O–H groups in total. The first-order valence-corrected chi connectivity index (χ1v) is 7.81. The normalized spacial score (nSPS) is 22.9. The van der Waals surface area contributed by atoms with E-state index in [4.69, 9.17) is 10.5 Å². The molecule has 2 atom stereocenters. The Balaban J connectivity index is 2.05. The molecule has 20 heavy (non-hydrogen) atoms. The van der Waals surface area contributed by atoms with Crippen molar-refractivity contribution in [1.82, 2.24) is 5.32 Å². The molecule has 0 radical (unpaired) electrons. The number of halogens is 1. The highest BCUT2D eigenvalue weighted by molar-refractivity contribution is 9.10. The van der Waals surface area contributed by atoms with E-state index in [0.717, 1.165) is 30.2 Å². The number of rotatable bonds is 3. The fourth-order valence-electron chi connectivity index (χ4n) is 2.57. The summed E-state index contributed by atoms with van der Waals surface area (Å²) in [5.74, 6) is 0.642. The zero-order chi connectivity index (χ0) is 14.5. The first-order chi connectivity index (χ1) is 9.61. The van der Waals surface area contributed by atoms with E-state index in [1.54, 1.807) is 25.3 Å². The van der Waals surface area contributed by atoms with Gasteiger partial charge in [0.25, 0.3) is 5.91 Å². The quantitative estimate of drug-likeness (QED) is 0.831. The number of hydrogen-bond donors (Lipinski definition) is 2. The monoisotopic (exact) mass is 340 g/mol. The van der Waals surface area contributed by atoms with E-state index < -0.39 is 0 Å². The molecule has 0 aromatic heterocycles. The average Bonchev–Trinajstić information content (AvgIpc) is 2.64. The smallest absolute Gasteiger partial charge is 0.251 e. The molecule has 0 aliphatic heterocycles. The molecule has 1 saturated carbocycles. The Kier molecular flexibility index (Phi) is 5.43. The molecule has 1 aromatic rings. The molecule has 4 nitrogen and oxygen atoms in total. The van der Waals surface area contributed by atoms with Crippen molar-refractivity contribution in [3.05, 3.63) is 28.2 Å². The number of ether oxygens (including phenoxy) is 1. The number of amides is 1. The summed E-state index contributed by atoms with van der Waals surface area (Å²) in [5.41, 5.74) is 6.76. The number of benzene rings is 1. The Bertz CT molecular complexity index is 479. The van der Waals surface area contributed by atoms with Gasteiger partial charge in [-0.05, 0) is 47.0 Å². The van der Waals surface area contributed by atoms with Crippen LogP contribution in [0.2, 0.25) is 0 Å². The van der Waals surface area contributed by atoms with Crippen LogP contribution in [0.1, 0.15) is 42.5 Å². The minimum atomic E-state index is -0.0734. The van der Waals surface area contributed by atoms with Crippen LogP contribution in [0.3, 0.4) is 0 Å². The van der Waals surface area contributed by atoms with Gasteiger partial charge in [0.1, 0.15) is 5.75 Å². The van der Waals surface area contributed by atoms with Gasteiger partial charge in [-0.25, -0.2) is 0 Å². The van der Waals surface area contributed by atoms with E-state index in [1.807, 2.05) is 0 Å². The Labute approximate surface area is 128 Å². The summed E-state index contributed by atoms with van der Waals surface area (Å²) in [7, 11) is 1.60. The van der Waals surface area contributed by atoms with Gasteiger partial charge in [0.15, 0.2) is 0 Å². The molecule has 0 heterocycles. The van der Waals surface area contributed by atoms with Crippen LogP contribution in [-0.2, 0) is 0 Å². The van der Waals surface area contributed by atoms with Gasteiger partial charge in [0, 0.05) is 17.6 Å². The van der Waals surface area contributed by atoms with E-state index in [-0.39, 0.29) is 18.0 Å². The molecule has 0 bridgehead atoms. The number of nitrogens with one attached hydrogen (secondary N) is 1. The highest BCUT2D eigenvalue weighted by Gasteiger charge is 2.22. The molecule has 1 aromatic carbocycles. The van der Waals surface area contributed by atoms with Crippen molar-refractivity contribution >= 4 is 21.8 Å². The van der Waals surface area contributed by atoms with Gasteiger partial charge in [-0.3, -0.25) is 4.79 Å². The van der Waals surface area contributed by atoms with E-state index in [0.29, 0.717) is 11.3 Å². The fraction of sp³-hybridized carbons (Fsp3) is 0.533. The van der Waals surface area contributed by atoms with E-state index >= 15 is 0 Å². The first kappa shape index (κ1) is 15.3. The molecular formula is C15H21BrN2O2. The van der Waals surface area contributed by atoms with Crippen LogP contribution in [0.5, 0.6) is 5.75 Å². The van der Waals surface area contributed by atoms with Crippen molar-refractivity contribution in [2.75, 3.05) is 7.11 Å². The lowest BCUT2D eigenvalue weighted by atomic mass is 10.0. The zero-order valence-corrected chi connectivity index (χ0v) is 13.3. The van der Waals surface area contributed by atoms with Gasteiger partial charge in [0.05, 0.1) is 11.6 Å². The maximum absolute atomic E-state index is 12.3. The van der Waals surface area contributed by atoms with Crippen LogP contribution in [-0.4, -0.2) is 25.1 Å². The average molecular weight is 341 g/mol. The lowest BCUT2D eigenvalue weighted by Crippen LogP contribution is -2.46. The molecule has 5 heteroatoms. The first-order valence-electron chi connectivity index (χ1n) is 7.02. The van der Waals surface area contributed by atoms with E-state index in [9.17, 15) is 4.79 Å². The second kappa shape index (κ2) is 7.09. The van der Waals surface area contributed by atoms with Gasteiger partial charge >= 0.3 is 0 Å². The van der Waals surface area contributed by atoms with Gasteiger partial charge in [0.2, 0.25) is 0 Å². The molecule has 110 valence electrons. The maximum atomic E-state index is 12.3. The minimum Gasteiger partial charge on any atom is -0.496 e. The van der Waals surface area contributed by atoms with Crippen LogP contribution in [0, 0.1) is 0 Å². The molecule has 1 aliphatic rings. The number of carbonyl (C=O) groups is 1. The summed E-state index contributed by atoms with van der Waals surface area (Å²) in [5, 5.41) is 3.06. The van der Waals surface area contributed by atoms with Gasteiger partial charge in [-0.1, -0.05) is 19.3 Å². The summed E-state index contributed by atoms with van der Waals surface area (Å²) in [6, 6.07) is 5.46. The molecule has 1 aliphatic carbocycles. The van der Waals surface area contributed by atoms with Gasteiger partial charge in [-0.15, -0.1) is 0 Å². The molecule has 0 spiro atoms. The lowest BCUT2D eigenvalue weighted by Gasteiger charge is -2.22. The van der Waals surface area contributed by atoms with Crippen molar-refractivity contribution in [3.8, 4) is 5.75 Å². The molecule has 2 rings (SSSR count). The Hall–Kier alpha value is -1.07. The van der Waals surface area contributed by atoms with Crippen molar-refractivity contribution in [2.24, 2.45) is 5.73 Å². The van der Waals surface area contributed by atoms with E-state index in [2.05, 4.69) is 21.2 Å². The standard InChI is InChI=1S/C15H21BrN2O2/c1-20-14-8-7-10(9-11(14)16)15(19)18-13-6-4-2-3-5-12(13)17/h7-9,12-13H,2-6,17H2,1H3,(H,18,19). The third-order valence-electron chi connectivity index (χ3n) is 3.80. The molecular weight excluding hydrogens is 320 g/mol. The summed E-state index contributed by atoms with van der Waals surface area (Å²) >= 11 is 3.40. The zero-order valence-electron chi connectivity index (χ0n) is 11.7. The number of hydrogen-bond acceptors (Lipinski definition) is 3. The van der Waals surface area contributed by atoms with Crippen LogP contribution in [0.25, 0.3) is 0 Å². The highest BCUT2D eigenvalue weighted by Crippen LogP contribution is 2.25. The molecule has 2 unspecified atom stereocenters. The van der Waals surface area contributed by atoms with Crippen molar-refractivity contribution in [1.29, 1.82) is 0 Å². The summed E-state index contributed by atoms with van der Waals surface area (Å²) in [6.07, 6.45) is 5.43. The van der Waals surface area contributed by atoms with Crippen molar-refractivity contribution < 1.29 is 9.53 Å². The van der Waals surface area contributed by atoms with E-state index in [1.165, 1.54) is 6.42 Å². The second-order valence-corrected chi connectivity index (χ2v) is 6.09. The summed E-state index contributed by atoms with van der Waals surface area (Å²) < 4.78 is 5.94. The Morgan fingerprint density at radius 1 is 1.35 bits per heavy atom. The minimum absolute atomic E-state index is 0.0585. The summed E-state index contributed by atoms with van der Waals surface area (Å²) in [6.45, 7) is 0. The molecule has 1 fully saturated rings. The van der Waals surface area contributed by atoms with Crippen molar-refractivity contribution in [2.45, 2.75) is 44.2 Å². The largest absolute Gasteiger partial charge is 0.496 e. The fourth-order valence-corrected chi connectivity index (χ4v) is 3.12. The van der Waals surface area contributed by atoms with Crippen LogP contribution in [0.15, 0.2) is 22.7 Å². The van der Waals surface area contributed by atoms with Gasteiger partial charge in [-0.2, -0.15) is 0 Å². The molecule has 0 saturated heterocycles. The molecule has 1 amide bonds. The van der Waals surface area contributed by atoms with Gasteiger partial charge < -0.3 is 15.8 Å². The predicted octanol–water partition coefficient (Wildman–Crippen LogP) is 2.85. The topological polar surface area (TPSA) is 64.3 Å². The van der Waals surface area contributed by atoms with Crippen LogP contribution in [0.4, 0.5) is 0 Å². The summed E-state index contributed by atoms with van der Waals surface area (Å²) in [4.78, 5) is 12.3. The van der Waals surface area contributed by atoms with Crippen molar-refractivity contribution in [3.63, 3.8) is 0 Å². The third-order valence-corrected chi connectivity index (χ3v) is 4.42. The number of methoxy groups -OCH3 is 1. The lowest BCUT2D eigenvalue weighted by molar-refractivity contribution is 0.0928. The SMILES string of the molecule is COc1ccc(C(=O)NC2CCCCCC2N)cc1Br. The third kappa shape index (κ3) is 3.73. The number of carbonyl (C=O) groups excluding carboxylic acids is 1. The second-order valence-electron chi connectivity index (χ2n) is 5.23. The van der Waals surface area contributed by atoms with Crippen LogP contribution >= 0.6 is 15.9 Å².